The summed E-state index contributed by atoms with van der Waals surface area (Å²) < 4.78 is 5.18. The third-order valence-corrected chi connectivity index (χ3v) is 8.68. The van der Waals surface area contributed by atoms with E-state index in [1.807, 2.05) is 17.9 Å². The molecule has 1 aliphatic rings. The number of rotatable bonds is 12. The van der Waals surface area contributed by atoms with Crippen LogP contribution in [-0.2, 0) is 19.7 Å². The number of hydrogen-bond donors (Lipinski definition) is 2. The number of aliphatic hydroxyl groups excluding tert-OH is 1. The molecule has 2 N–H and O–H groups in total. The summed E-state index contributed by atoms with van der Waals surface area (Å²) in [6, 6.07) is 11.9. The lowest BCUT2D eigenvalue weighted by Crippen LogP contribution is -2.50. The van der Waals surface area contributed by atoms with Crippen molar-refractivity contribution in [1.82, 2.24) is 15.1 Å². The summed E-state index contributed by atoms with van der Waals surface area (Å²) in [7, 11) is 1.64. The minimum atomic E-state index is -0.936. The molecule has 7 nitrogen and oxygen atoms in total. The van der Waals surface area contributed by atoms with E-state index in [0.29, 0.717) is 41.2 Å². The van der Waals surface area contributed by atoms with E-state index < -0.39 is 11.5 Å². The molecule has 39 heavy (non-hydrogen) atoms. The van der Waals surface area contributed by atoms with Crippen molar-refractivity contribution in [2.75, 3.05) is 46.5 Å². The molecule has 0 radical (unpaired) electrons. The van der Waals surface area contributed by atoms with E-state index in [1.165, 1.54) is 0 Å². The van der Waals surface area contributed by atoms with Crippen molar-refractivity contribution < 1.29 is 19.4 Å². The highest BCUT2D eigenvalue weighted by atomic mass is 35.5. The summed E-state index contributed by atoms with van der Waals surface area (Å²) in [4.78, 5) is 30.3. The molecule has 0 saturated carbocycles. The Balaban J connectivity index is 1.74. The Bertz CT molecular complexity index is 1110. The lowest BCUT2D eigenvalue weighted by atomic mass is 9.78. The Hall–Kier alpha value is -1.87. The minimum absolute atomic E-state index is 0.0634. The maximum atomic E-state index is 13.9. The number of hydrogen-bond acceptors (Lipinski definition) is 5. The topological polar surface area (TPSA) is 82.1 Å². The van der Waals surface area contributed by atoms with Gasteiger partial charge in [0.2, 0.25) is 11.8 Å². The fourth-order valence-corrected chi connectivity index (χ4v) is 5.52. The van der Waals surface area contributed by atoms with Gasteiger partial charge in [-0.2, -0.15) is 0 Å². The number of halogens is 3. The average Bonchev–Trinajstić information content (AvgIpc) is 2.93. The van der Waals surface area contributed by atoms with Gasteiger partial charge in [-0.05, 0) is 68.1 Å². The summed E-state index contributed by atoms with van der Waals surface area (Å²) in [5.41, 5.74) is 0.575. The van der Waals surface area contributed by atoms with Crippen LogP contribution in [0.3, 0.4) is 0 Å². The second-order valence-electron chi connectivity index (χ2n) is 10.2. The van der Waals surface area contributed by atoms with Crippen molar-refractivity contribution in [3.05, 3.63) is 68.7 Å². The molecule has 0 spiro atoms. The lowest BCUT2D eigenvalue weighted by molar-refractivity contribution is -0.133. The number of likely N-dealkylation sites (tertiary alicyclic amines) is 1. The normalized spacial score (nSPS) is 16.9. The SMILES string of the molecule is COCCN(C(C)=O)C1CCN(CCC(C)(C(=O)N[C@@H](CO)c2ccc(Cl)cc2)c2ccc(Cl)c(Cl)c2)CC1. The van der Waals surface area contributed by atoms with Crippen molar-refractivity contribution in [1.29, 1.82) is 0 Å². The van der Waals surface area contributed by atoms with Gasteiger partial charge in [0.25, 0.3) is 0 Å². The molecular weight excluding hydrogens is 561 g/mol. The van der Waals surface area contributed by atoms with E-state index in [0.717, 1.165) is 37.1 Å². The molecule has 0 bridgehead atoms. The van der Waals surface area contributed by atoms with E-state index in [4.69, 9.17) is 39.5 Å². The number of ether oxygens (including phenoxy) is 1. The van der Waals surface area contributed by atoms with Gasteiger partial charge < -0.3 is 25.0 Å². The Labute approximate surface area is 246 Å². The van der Waals surface area contributed by atoms with Gasteiger partial charge in [0, 0.05) is 44.7 Å². The van der Waals surface area contributed by atoms with Crippen molar-refractivity contribution in [2.24, 2.45) is 0 Å². The number of piperidine rings is 1. The lowest BCUT2D eigenvalue weighted by Gasteiger charge is -2.39. The first-order valence-electron chi connectivity index (χ1n) is 13.2. The van der Waals surface area contributed by atoms with Crippen LogP contribution in [-0.4, -0.2) is 79.3 Å². The van der Waals surface area contributed by atoms with Gasteiger partial charge in [-0.25, -0.2) is 0 Å². The summed E-state index contributed by atoms with van der Waals surface area (Å²) in [5, 5.41) is 14.5. The second kappa shape index (κ2) is 14.7. The van der Waals surface area contributed by atoms with Crippen molar-refractivity contribution in [3.63, 3.8) is 0 Å². The Kier molecular flexibility index (Phi) is 11.9. The minimum Gasteiger partial charge on any atom is -0.394 e. The maximum Gasteiger partial charge on any atom is 0.230 e. The molecule has 2 aromatic carbocycles. The van der Waals surface area contributed by atoms with E-state index in [9.17, 15) is 14.7 Å². The first-order valence-corrected chi connectivity index (χ1v) is 14.3. The zero-order chi connectivity index (χ0) is 28.6. The molecule has 214 valence electrons. The van der Waals surface area contributed by atoms with E-state index in [-0.39, 0.29) is 24.5 Å². The van der Waals surface area contributed by atoms with Crippen molar-refractivity contribution >= 4 is 46.6 Å². The summed E-state index contributed by atoms with van der Waals surface area (Å²) >= 11 is 18.6. The molecule has 2 amide bonds. The maximum absolute atomic E-state index is 13.9. The Morgan fingerprint density at radius 2 is 1.79 bits per heavy atom. The molecule has 3 rings (SSSR count). The van der Waals surface area contributed by atoms with Crippen molar-refractivity contribution in [2.45, 2.75) is 50.6 Å². The standard InChI is InChI=1S/C29H38Cl3N3O4/c1-20(37)35(16-17-39-3)24-10-13-34(14-11-24)15-12-29(2,22-6-9-25(31)26(32)18-22)28(38)33-27(19-36)21-4-7-23(30)8-5-21/h4-9,18,24,27,36H,10-17,19H2,1-3H3,(H,33,38)/t27-,29?/m0/s1. The molecule has 0 aromatic heterocycles. The molecule has 1 unspecified atom stereocenters. The Morgan fingerprint density at radius 3 is 2.36 bits per heavy atom. The van der Waals surface area contributed by atoms with Crippen LogP contribution in [0.15, 0.2) is 42.5 Å². The van der Waals surface area contributed by atoms with Crippen LogP contribution >= 0.6 is 34.8 Å². The predicted octanol–water partition coefficient (Wildman–Crippen LogP) is 5.10. The van der Waals surface area contributed by atoms with Crippen LogP contribution in [0.5, 0.6) is 0 Å². The summed E-state index contributed by atoms with van der Waals surface area (Å²) in [6.07, 6.45) is 2.25. The van der Waals surface area contributed by atoms with Gasteiger partial charge in [0.1, 0.15) is 0 Å². The third-order valence-electron chi connectivity index (χ3n) is 7.68. The van der Waals surface area contributed by atoms with E-state index in [1.54, 1.807) is 50.4 Å². The molecule has 1 saturated heterocycles. The van der Waals surface area contributed by atoms with Gasteiger partial charge in [-0.15, -0.1) is 0 Å². The van der Waals surface area contributed by atoms with Gasteiger partial charge in [0.15, 0.2) is 0 Å². The van der Waals surface area contributed by atoms with Crippen molar-refractivity contribution in [3.8, 4) is 0 Å². The van der Waals surface area contributed by atoms with Crippen LogP contribution < -0.4 is 5.32 Å². The first kappa shape index (κ1) is 31.7. The molecule has 1 fully saturated rings. The summed E-state index contributed by atoms with van der Waals surface area (Å²) in [6.45, 7) is 6.68. The highest BCUT2D eigenvalue weighted by Crippen LogP contribution is 2.34. The van der Waals surface area contributed by atoms with E-state index in [2.05, 4.69) is 10.2 Å². The molecule has 0 aliphatic carbocycles. The number of amides is 2. The number of benzene rings is 2. The van der Waals surface area contributed by atoms with Crippen LogP contribution in [0, 0.1) is 0 Å². The number of methoxy groups -OCH3 is 1. The van der Waals surface area contributed by atoms with Gasteiger partial charge in [-0.1, -0.05) is 53.0 Å². The zero-order valence-corrected chi connectivity index (χ0v) is 25.0. The molecule has 1 heterocycles. The number of carbonyl (C=O) groups is 2. The Morgan fingerprint density at radius 1 is 1.13 bits per heavy atom. The van der Waals surface area contributed by atoms with Gasteiger partial charge >= 0.3 is 0 Å². The van der Waals surface area contributed by atoms with Gasteiger partial charge in [0.05, 0.1) is 34.7 Å². The fraction of sp³-hybridized carbons (Fsp3) is 0.517. The predicted molar refractivity (Wildman–Crippen MR) is 157 cm³/mol. The second-order valence-corrected chi connectivity index (χ2v) is 11.5. The van der Waals surface area contributed by atoms with Crippen LogP contribution in [0.2, 0.25) is 15.1 Å². The summed E-state index contributed by atoms with van der Waals surface area (Å²) in [5.74, 6) is -0.152. The number of nitrogens with one attached hydrogen (secondary N) is 1. The molecule has 2 atom stereocenters. The molecule has 2 aromatic rings. The monoisotopic (exact) mass is 597 g/mol. The third kappa shape index (κ3) is 8.32. The molecule has 1 aliphatic heterocycles. The fourth-order valence-electron chi connectivity index (χ4n) is 5.10. The molecule has 10 heteroatoms. The highest BCUT2D eigenvalue weighted by Gasteiger charge is 2.38. The number of carbonyl (C=O) groups excluding carboxylic acids is 2. The van der Waals surface area contributed by atoms with Crippen LogP contribution in [0.1, 0.15) is 50.3 Å². The zero-order valence-electron chi connectivity index (χ0n) is 22.8. The quantitative estimate of drug-likeness (QED) is 0.355. The smallest absolute Gasteiger partial charge is 0.230 e. The largest absolute Gasteiger partial charge is 0.394 e. The van der Waals surface area contributed by atoms with Crippen LogP contribution in [0.4, 0.5) is 0 Å². The van der Waals surface area contributed by atoms with Gasteiger partial charge in [-0.3, -0.25) is 9.59 Å². The first-order chi connectivity index (χ1) is 18.6. The van der Waals surface area contributed by atoms with E-state index >= 15 is 0 Å². The molecular formula is C29H38Cl3N3O4. The average molecular weight is 599 g/mol. The van der Waals surface area contributed by atoms with Crippen LogP contribution in [0.25, 0.3) is 0 Å². The highest BCUT2D eigenvalue weighted by molar-refractivity contribution is 6.42. The number of nitrogens with zero attached hydrogens (tertiary/aromatic N) is 2. The number of aliphatic hydroxyl groups is 1.